The van der Waals surface area contributed by atoms with Crippen molar-refractivity contribution in [1.29, 1.82) is 0 Å². The maximum Gasteiger partial charge on any atom is 0.433 e. The number of aromatic nitrogens is 2. The Morgan fingerprint density at radius 1 is 1.09 bits per heavy atom. The molecule has 2 atom stereocenters. The van der Waals surface area contributed by atoms with Gasteiger partial charge in [-0.2, -0.15) is 26.3 Å². The van der Waals surface area contributed by atoms with Gasteiger partial charge in [-0.25, -0.2) is 15.4 Å². The molecule has 4 N–H and O–H groups in total. The number of benzene rings is 1. The molecule has 1 fully saturated rings. The summed E-state index contributed by atoms with van der Waals surface area (Å²) in [5, 5.41) is 0. The Hall–Kier alpha value is -2.70. The first-order valence-electron chi connectivity index (χ1n) is 9.53. The number of nitrogens with two attached hydrogens (primary N) is 1. The Balaban J connectivity index is 0.00000306. The lowest BCUT2D eigenvalue weighted by Gasteiger charge is -2.51. The molecule has 33 heavy (non-hydrogen) atoms. The van der Waals surface area contributed by atoms with Crippen molar-refractivity contribution in [3.05, 3.63) is 59.1 Å². The zero-order valence-electron chi connectivity index (χ0n) is 16.7. The van der Waals surface area contributed by atoms with Gasteiger partial charge in [0.15, 0.2) is 0 Å². The van der Waals surface area contributed by atoms with E-state index >= 15 is 0 Å². The molecule has 6 nitrogen and oxygen atoms in total. The van der Waals surface area contributed by atoms with E-state index in [0.29, 0.717) is 36.4 Å². The van der Waals surface area contributed by atoms with Crippen LogP contribution in [-0.2, 0) is 17.1 Å². The number of rotatable bonds is 3. The molecule has 1 saturated carbocycles. The SMILES string of the molecule is Cl.NC(=O)C1=CC2(CCC2c2ccc(C(F)(F)F)cc2-c2cc(C(F)(F)F)ncn2)NNC1. The molecule has 2 heterocycles. The van der Waals surface area contributed by atoms with E-state index in [1.165, 1.54) is 6.07 Å². The van der Waals surface area contributed by atoms with Crippen molar-refractivity contribution < 1.29 is 31.1 Å². The van der Waals surface area contributed by atoms with Gasteiger partial charge in [0.1, 0.15) is 12.0 Å². The average molecular weight is 494 g/mol. The van der Waals surface area contributed by atoms with Crippen LogP contribution < -0.4 is 16.6 Å². The van der Waals surface area contributed by atoms with Crippen LogP contribution in [0.2, 0.25) is 0 Å². The second-order valence-electron chi connectivity index (χ2n) is 7.73. The monoisotopic (exact) mass is 493 g/mol. The molecule has 2 aromatic rings. The summed E-state index contributed by atoms with van der Waals surface area (Å²) in [4.78, 5) is 18.6. The van der Waals surface area contributed by atoms with Crippen LogP contribution in [0.15, 0.2) is 42.2 Å². The van der Waals surface area contributed by atoms with Gasteiger partial charge in [0.05, 0.1) is 16.8 Å². The first-order chi connectivity index (χ1) is 14.9. The van der Waals surface area contributed by atoms with Gasteiger partial charge < -0.3 is 5.73 Å². The molecule has 178 valence electrons. The van der Waals surface area contributed by atoms with Crippen LogP contribution in [-0.4, -0.2) is 28.0 Å². The number of nitrogens with zero attached hydrogens (tertiary/aromatic N) is 2. The normalized spacial score (nSPS) is 22.8. The summed E-state index contributed by atoms with van der Waals surface area (Å²) < 4.78 is 79.6. The summed E-state index contributed by atoms with van der Waals surface area (Å²) >= 11 is 0. The van der Waals surface area contributed by atoms with Gasteiger partial charge >= 0.3 is 12.4 Å². The summed E-state index contributed by atoms with van der Waals surface area (Å²) in [5.41, 5.74) is 8.50. The molecule has 2 unspecified atom stereocenters. The van der Waals surface area contributed by atoms with Gasteiger partial charge in [0.25, 0.3) is 0 Å². The predicted octanol–water partition coefficient (Wildman–Crippen LogP) is 3.74. The largest absolute Gasteiger partial charge is 0.433 e. The molecule has 0 bridgehead atoms. The third-order valence-corrected chi connectivity index (χ3v) is 5.81. The number of hydrogen-bond donors (Lipinski definition) is 3. The van der Waals surface area contributed by atoms with Crippen molar-refractivity contribution in [2.45, 2.75) is 36.7 Å². The number of amides is 1. The Bertz CT molecular complexity index is 1100. The molecule has 1 aliphatic carbocycles. The Kier molecular flexibility index (Phi) is 6.48. The van der Waals surface area contributed by atoms with Crippen molar-refractivity contribution in [2.24, 2.45) is 5.73 Å². The van der Waals surface area contributed by atoms with Crippen LogP contribution in [0.25, 0.3) is 11.3 Å². The maximum absolute atomic E-state index is 13.4. The fraction of sp³-hybridized carbons (Fsp3) is 0.350. The summed E-state index contributed by atoms with van der Waals surface area (Å²) in [7, 11) is 0. The van der Waals surface area contributed by atoms with E-state index in [0.717, 1.165) is 12.1 Å². The Labute approximate surface area is 190 Å². The molecule has 0 saturated heterocycles. The highest BCUT2D eigenvalue weighted by molar-refractivity contribution is 5.93. The van der Waals surface area contributed by atoms with Crippen molar-refractivity contribution in [3.8, 4) is 11.3 Å². The Morgan fingerprint density at radius 3 is 2.39 bits per heavy atom. The Morgan fingerprint density at radius 2 is 1.82 bits per heavy atom. The number of halogens is 7. The van der Waals surface area contributed by atoms with Gasteiger partial charge in [-0.1, -0.05) is 12.1 Å². The van der Waals surface area contributed by atoms with Gasteiger partial charge in [0.2, 0.25) is 5.91 Å². The topological polar surface area (TPSA) is 92.9 Å². The van der Waals surface area contributed by atoms with Crippen molar-refractivity contribution in [2.75, 3.05) is 6.54 Å². The minimum absolute atomic E-state index is 0. The summed E-state index contributed by atoms with van der Waals surface area (Å²) in [6.07, 6.45) is -6.11. The summed E-state index contributed by atoms with van der Waals surface area (Å²) in [5.74, 6) is -1.08. The number of carbonyl (C=O) groups excluding carboxylic acids is 1. The first-order valence-corrected chi connectivity index (χ1v) is 9.53. The highest BCUT2D eigenvalue weighted by Crippen LogP contribution is 2.51. The van der Waals surface area contributed by atoms with E-state index in [9.17, 15) is 31.1 Å². The van der Waals surface area contributed by atoms with E-state index in [2.05, 4.69) is 20.8 Å². The fourth-order valence-corrected chi connectivity index (χ4v) is 4.13. The van der Waals surface area contributed by atoms with E-state index in [4.69, 9.17) is 5.73 Å². The minimum Gasteiger partial charge on any atom is -0.366 e. The van der Waals surface area contributed by atoms with Crippen molar-refractivity contribution >= 4 is 18.3 Å². The number of nitrogens with one attached hydrogen (secondary N) is 2. The zero-order chi connectivity index (χ0) is 23.3. The van der Waals surface area contributed by atoms with Gasteiger partial charge in [0, 0.05) is 23.6 Å². The van der Waals surface area contributed by atoms with E-state index in [1.807, 2.05) is 0 Å². The molecule has 2 aliphatic rings. The van der Waals surface area contributed by atoms with Crippen LogP contribution in [0.4, 0.5) is 26.3 Å². The second-order valence-corrected chi connectivity index (χ2v) is 7.73. The molecule has 1 amide bonds. The zero-order valence-corrected chi connectivity index (χ0v) is 17.5. The smallest absolute Gasteiger partial charge is 0.366 e. The number of hydrazine groups is 1. The number of primary amides is 1. The minimum atomic E-state index is -4.79. The molecule has 4 rings (SSSR count). The van der Waals surface area contributed by atoms with Crippen LogP contribution in [0, 0.1) is 0 Å². The third kappa shape index (κ3) is 4.68. The lowest BCUT2D eigenvalue weighted by atomic mass is 9.62. The molecular formula is C20H18ClF6N5O. The molecule has 13 heteroatoms. The first kappa shape index (κ1) is 24.9. The number of alkyl halides is 6. The molecular weight excluding hydrogens is 476 g/mol. The predicted molar refractivity (Wildman–Crippen MR) is 108 cm³/mol. The lowest BCUT2D eigenvalue weighted by Crippen LogP contribution is -2.63. The standard InChI is InChI=1S/C20H17F6N5O.ClH/c21-19(22,23)11-1-2-12(13(5-11)15-6-16(20(24,25)26)29-9-28-15)14-3-4-18(14)7-10(17(27)32)8-30-31-18;/h1-2,5-7,9,14,30-31H,3-4,8H2,(H2,27,32);1H. The van der Waals surface area contributed by atoms with Crippen LogP contribution in [0.3, 0.4) is 0 Å². The van der Waals surface area contributed by atoms with Crippen molar-refractivity contribution in [1.82, 2.24) is 20.8 Å². The average Bonchev–Trinajstić information content (AvgIpc) is 2.72. The summed E-state index contributed by atoms with van der Waals surface area (Å²) in [6, 6.07) is 3.54. The van der Waals surface area contributed by atoms with Gasteiger partial charge in [-0.3, -0.25) is 10.2 Å². The van der Waals surface area contributed by atoms with E-state index < -0.39 is 41.0 Å². The van der Waals surface area contributed by atoms with Crippen LogP contribution in [0.1, 0.15) is 35.6 Å². The van der Waals surface area contributed by atoms with E-state index in [-0.39, 0.29) is 30.2 Å². The quantitative estimate of drug-likeness (QED) is 0.567. The lowest BCUT2D eigenvalue weighted by molar-refractivity contribution is -0.141. The highest BCUT2D eigenvalue weighted by Gasteiger charge is 2.49. The van der Waals surface area contributed by atoms with Crippen LogP contribution in [0.5, 0.6) is 0 Å². The molecule has 1 aromatic carbocycles. The van der Waals surface area contributed by atoms with Gasteiger partial charge in [-0.15, -0.1) is 12.4 Å². The number of hydrogen-bond acceptors (Lipinski definition) is 5. The van der Waals surface area contributed by atoms with E-state index in [1.54, 1.807) is 6.08 Å². The van der Waals surface area contributed by atoms with Crippen LogP contribution >= 0.6 is 12.4 Å². The highest BCUT2D eigenvalue weighted by atomic mass is 35.5. The fourth-order valence-electron chi connectivity index (χ4n) is 4.13. The molecule has 0 radical (unpaired) electrons. The third-order valence-electron chi connectivity index (χ3n) is 5.81. The maximum atomic E-state index is 13.4. The number of carbonyl (C=O) groups is 1. The molecule has 1 aromatic heterocycles. The molecule has 1 aliphatic heterocycles. The second kappa shape index (κ2) is 8.58. The van der Waals surface area contributed by atoms with Gasteiger partial charge in [-0.05, 0) is 36.6 Å². The van der Waals surface area contributed by atoms with Crippen molar-refractivity contribution in [3.63, 3.8) is 0 Å². The summed E-state index contributed by atoms with van der Waals surface area (Å²) in [6.45, 7) is 0.171. The molecule has 1 spiro atoms.